The van der Waals surface area contributed by atoms with Gasteiger partial charge in [-0.15, -0.1) is 0 Å². The molecule has 12 N–H and O–H groups in total. The zero-order valence-electron chi connectivity index (χ0n) is 35.5. The molecule has 0 aromatic heterocycles. The number of amides is 5. The van der Waals surface area contributed by atoms with Crippen LogP contribution in [0.1, 0.15) is 59.8 Å². The molecule has 366 valence electrons. The lowest BCUT2D eigenvalue weighted by molar-refractivity contribution is -0.330. The molecule has 15 atom stereocenters. The summed E-state index contributed by atoms with van der Waals surface area (Å²) in [5, 5.41) is 66.4. The lowest BCUT2D eigenvalue weighted by Crippen LogP contribution is -2.70. The molecule has 0 aromatic carbocycles. The van der Waals surface area contributed by atoms with Crippen molar-refractivity contribution in [2.75, 3.05) is 33.4 Å². The summed E-state index contributed by atoms with van der Waals surface area (Å²) in [5.41, 5.74) is 8.34. The Bertz CT molecular complexity index is 1760. The molecule has 31 heteroatoms. The number of aliphatic hydroxyl groups is 4. The van der Waals surface area contributed by atoms with Crippen molar-refractivity contribution in [2.45, 2.75) is 139 Å². The van der Waals surface area contributed by atoms with Crippen LogP contribution < -0.4 is 26.6 Å². The maximum Gasteiger partial charge on any atom is 0.440 e. The smallest absolute Gasteiger partial charge is 0.440 e. The highest BCUT2D eigenvalue weighted by molar-refractivity contribution is 8.26. The number of carbonyl (C=O) groups excluding carboxylic acids is 5. The Morgan fingerprint density at radius 2 is 1.44 bits per heavy atom. The Morgan fingerprint density at radius 3 is 2.00 bits per heavy atom. The van der Waals surface area contributed by atoms with E-state index in [9.17, 15) is 73.2 Å². The highest BCUT2D eigenvalue weighted by Crippen LogP contribution is 2.78. The second-order valence-corrected chi connectivity index (χ2v) is 20.1. The second kappa shape index (κ2) is 26.3. The summed E-state index contributed by atoms with van der Waals surface area (Å²) in [7, 11) is -10.6. The van der Waals surface area contributed by atoms with Crippen LogP contribution in [0.5, 0.6) is 0 Å². The molecular formula is C33H58N8O21P2. The fourth-order valence-corrected chi connectivity index (χ4v) is 8.33. The third-order valence-electron chi connectivity index (χ3n) is 9.60. The number of aliphatic hydroxyl groups excluding tert-OH is 4. The van der Waals surface area contributed by atoms with Crippen molar-refractivity contribution in [3.8, 4) is 0 Å². The molecule has 0 saturated carbocycles. The highest BCUT2D eigenvalue weighted by atomic mass is 32.1. The number of ether oxygens (including phenoxy) is 4. The van der Waals surface area contributed by atoms with Crippen molar-refractivity contribution in [2.24, 2.45) is 5.11 Å². The summed E-state index contributed by atoms with van der Waals surface area (Å²) in [4.78, 5) is 98.1. The Hall–Kier alpha value is -3.89. The van der Waals surface area contributed by atoms with Gasteiger partial charge in [0.25, 0.3) is 0 Å². The zero-order chi connectivity index (χ0) is 48.5. The molecule has 2 rings (SSSR count). The van der Waals surface area contributed by atoms with Gasteiger partial charge in [0, 0.05) is 45.4 Å². The van der Waals surface area contributed by atoms with Gasteiger partial charge in [-0.3, -0.25) is 28.5 Å². The molecule has 64 heavy (non-hydrogen) atoms. The number of aliphatic carboxylic acids is 1. The Morgan fingerprint density at radius 1 is 0.828 bits per heavy atom. The highest BCUT2D eigenvalue weighted by Gasteiger charge is 2.56. The van der Waals surface area contributed by atoms with Gasteiger partial charge in [-0.25, -0.2) is 13.9 Å². The number of nitrogens with zero attached hydrogens (tertiary/aromatic N) is 3. The van der Waals surface area contributed by atoms with E-state index in [0.29, 0.717) is 20.0 Å². The van der Waals surface area contributed by atoms with Gasteiger partial charge in [-0.05, 0) is 38.6 Å². The van der Waals surface area contributed by atoms with Gasteiger partial charge >= 0.3 is 20.5 Å². The van der Waals surface area contributed by atoms with E-state index in [4.69, 9.17) is 29.0 Å². The summed E-state index contributed by atoms with van der Waals surface area (Å²) < 4.78 is 58.1. The van der Waals surface area contributed by atoms with E-state index in [-0.39, 0.29) is 32.4 Å². The minimum Gasteiger partial charge on any atom is -0.480 e. The molecule has 2 saturated heterocycles. The summed E-state index contributed by atoms with van der Waals surface area (Å²) in [5.74, 6) is -5.30. The molecule has 2 fully saturated rings. The quantitative estimate of drug-likeness (QED) is 0.0133. The van der Waals surface area contributed by atoms with E-state index in [1.165, 1.54) is 6.92 Å². The first-order valence-electron chi connectivity index (χ1n) is 19.7. The van der Waals surface area contributed by atoms with Crippen LogP contribution in [0.2, 0.25) is 0 Å². The van der Waals surface area contributed by atoms with E-state index >= 15 is 0 Å². The van der Waals surface area contributed by atoms with Crippen molar-refractivity contribution in [1.29, 1.82) is 0 Å². The van der Waals surface area contributed by atoms with E-state index in [2.05, 4.69) is 41.1 Å². The first kappa shape index (κ1) is 56.2. The van der Waals surface area contributed by atoms with Crippen LogP contribution in [-0.4, -0.2) is 184 Å². The summed E-state index contributed by atoms with van der Waals surface area (Å²) in [6.45, 7) is 2.54. The molecule has 3 unspecified atom stereocenters. The Labute approximate surface area is 365 Å². The van der Waals surface area contributed by atoms with Crippen LogP contribution in [0.25, 0.3) is 10.4 Å². The fourth-order valence-electron chi connectivity index (χ4n) is 6.30. The molecule has 2 heterocycles. The molecule has 0 spiro atoms. The van der Waals surface area contributed by atoms with Gasteiger partial charge in [-0.2, -0.15) is 0 Å². The van der Waals surface area contributed by atoms with Gasteiger partial charge < -0.3 is 85.4 Å². The average Bonchev–Trinajstić information content (AvgIpc) is 3.22. The predicted molar refractivity (Wildman–Crippen MR) is 213 cm³/mol. The van der Waals surface area contributed by atoms with E-state index < -0.39 is 143 Å². The number of hydrogen-bond donors (Lipinski definition) is 12. The lowest BCUT2D eigenvalue weighted by atomic mass is 9.94. The minimum atomic E-state index is -5.74. The normalized spacial score (nSPS) is 28.9. The number of nitrogens with one attached hydrogen (secondary N) is 5. The molecule has 0 bridgehead atoms. The van der Waals surface area contributed by atoms with Crippen molar-refractivity contribution in [3.05, 3.63) is 10.4 Å². The number of unbranched alkanes of at least 4 members (excludes halogenated alkanes) is 1. The lowest BCUT2D eigenvalue weighted by Gasteiger charge is -2.49. The maximum absolute atomic E-state index is 13.5. The molecule has 5 amide bonds. The van der Waals surface area contributed by atoms with Crippen LogP contribution in [-0.2, 0) is 65.9 Å². The first-order chi connectivity index (χ1) is 29.9. The molecule has 0 aliphatic carbocycles. The molecule has 0 aromatic rings. The molecular weight excluding hydrogens is 906 g/mol. The van der Waals surface area contributed by atoms with E-state index in [1.54, 1.807) is 0 Å². The number of rotatable bonds is 26. The zero-order valence-corrected chi connectivity index (χ0v) is 37.2. The van der Waals surface area contributed by atoms with Crippen molar-refractivity contribution >= 4 is 50.1 Å². The third-order valence-corrected chi connectivity index (χ3v) is 13.9. The van der Waals surface area contributed by atoms with Crippen LogP contribution in [0.4, 0.5) is 0 Å². The predicted octanol–water partition coefficient (Wildman–Crippen LogP) is -3.29. The molecule has 2 aliphatic rings. The topological polar surface area (TPSA) is 442 Å². The fraction of sp³-hybridized carbons (Fsp3) is 0.818. The third kappa shape index (κ3) is 16.5. The summed E-state index contributed by atoms with van der Waals surface area (Å²) >= 11 is 0. The number of carboxylic acids is 1. The largest absolute Gasteiger partial charge is 0.480 e. The number of azide groups is 1. The van der Waals surface area contributed by atoms with Crippen molar-refractivity contribution in [1.82, 2.24) is 26.6 Å². The standard InChI is InChI=1S/C33H58N8O21P2/c1-15(29(49)35-11-8-10-22(46)40-19(31(51)52)9-6-7-12-36-41-34)37-30(50)16(2)58-28-24(39-18(4)45)33(62-64(55,56)63(53,54)57-5)60-21(14-43)27(28)61-32-23(38-17(3)44)26(48)25(47)20(13-42)59-32/h15-16,19-21,23-28,32-33,42-43,47-48H,6-14H2,1-5H3,(H,35,49)(H,37,50)(H,38,44)(H,39,45)(H,40,46)(H,51,52)(H,53,54)(H,55,56)/t15-,16+,19+,20+,21+,23+,24+,25+,26+,27?,28+,32-,33+/m0/s1. The Balaban J connectivity index is 2.32. The van der Waals surface area contributed by atoms with Gasteiger partial charge in [-0.1, -0.05) is 11.5 Å². The average molecular weight is 965 g/mol. The summed E-state index contributed by atoms with van der Waals surface area (Å²) in [6, 6.07) is -5.97. The minimum absolute atomic E-state index is 0.0609. The number of carboxylic acid groups (broad SMARTS) is 1. The number of hydrogen-bond acceptors (Lipinski definition) is 19. The van der Waals surface area contributed by atoms with Crippen molar-refractivity contribution in [3.63, 3.8) is 0 Å². The number of carbonyl (C=O) groups is 6. The van der Waals surface area contributed by atoms with Gasteiger partial charge in [0.15, 0.2) is 12.6 Å². The first-order valence-corrected chi connectivity index (χ1v) is 23.6. The van der Waals surface area contributed by atoms with Gasteiger partial charge in [0.05, 0.1) is 13.2 Å². The van der Waals surface area contributed by atoms with Gasteiger partial charge in [0.2, 0.25) is 29.5 Å². The van der Waals surface area contributed by atoms with E-state index in [0.717, 1.165) is 20.8 Å². The Kier molecular flexibility index (Phi) is 23.1. The van der Waals surface area contributed by atoms with Crippen molar-refractivity contribution < 1.29 is 101 Å². The molecule has 2 aliphatic heterocycles. The maximum atomic E-state index is 13.5. The van der Waals surface area contributed by atoms with Crippen LogP contribution in [0, 0.1) is 0 Å². The van der Waals surface area contributed by atoms with Crippen LogP contribution in [0.3, 0.4) is 0 Å². The van der Waals surface area contributed by atoms with Gasteiger partial charge in [0.1, 0.15) is 66.9 Å². The van der Waals surface area contributed by atoms with Crippen LogP contribution >= 0.6 is 14.6 Å². The monoisotopic (exact) mass is 964 g/mol. The molecule has 0 radical (unpaired) electrons. The van der Waals surface area contributed by atoms with Crippen LogP contribution in [0.15, 0.2) is 5.11 Å². The molecule has 29 nitrogen and oxygen atoms in total. The SMILES string of the molecule is COP(=O)(O)P(=O)(O)O[C@H]1O[C@H](CO)C(O[C@@H]2O[C@H](CO)[C@@H](O)[C@H](O)[C@H]2NC(C)=O)[C@H](O[C@H](C)C(=O)N[C@@H](C)C(=O)NCCCC(=O)N[C@H](CCCCN=[N+]=[N-])C(=O)O)[C@H]1NC(C)=O. The van der Waals surface area contributed by atoms with E-state index in [1.807, 2.05) is 0 Å². The summed E-state index contributed by atoms with van der Waals surface area (Å²) in [6.07, 6.45) is -15.7. The second-order valence-electron chi connectivity index (χ2n) is 14.5.